The van der Waals surface area contributed by atoms with Crippen molar-refractivity contribution in [2.24, 2.45) is 0 Å². The smallest absolute Gasteiger partial charge is 0.790 e. The number of hydrogen-bond acceptors (Lipinski definition) is 3. The first-order valence-corrected chi connectivity index (χ1v) is 2.24. The molecule has 0 aliphatic carbocycles. The van der Waals surface area contributed by atoms with Crippen LogP contribution in [-0.2, 0) is 4.57 Å². The van der Waals surface area contributed by atoms with Crippen molar-refractivity contribution in [3.05, 3.63) is 0 Å². The largest absolute Gasteiger partial charge is 2.00 e. The summed E-state index contributed by atoms with van der Waals surface area (Å²) in [5.74, 6) is 0. The van der Waals surface area contributed by atoms with Crippen molar-refractivity contribution in [2.75, 3.05) is 0 Å². The van der Waals surface area contributed by atoms with Gasteiger partial charge in [-0.1, -0.05) is 0 Å². The van der Waals surface area contributed by atoms with Crippen LogP contribution in [0.2, 0.25) is 0 Å². The van der Waals surface area contributed by atoms with Gasteiger partial charge in [0, 0.05) is 0 Å². The Labute approximate surface area is 78.9 Å². The fourth-order valence-electron chi connectivity index (χ4n) is 0. The second-order valence-electron chi connectivity index (χ2n) is 0.469. The van der Waals surface area contributed by atoms with Crippen LogP contribution in [0.15, 0.2) is 0 Å². The number of rotatable bonds is 0. The van der Waals surface area contributed by atoms with Crippen molar-refractivity contribution < 1.29 is 47.5 Å². The molecule has 12 heteroatoms. The Balaban J connectivity index is -0.00000000381. The molecule has 0 atom stereocenters. The van der Waals surface area contributed by atoms with E-state index in [4.69, 9.17) is 19.2 Å². The molecule has 0 aromatic heterocycles. The van der Waals surface area contributed by atoms with Gasteiger partial charge in [0.25, 0.3) is 0 Å². The van der Waals surface area contributed by atoms with Gasteiger partial charge in [0.15, 0.2) is 0 Å². The molecule has 0 aliphatic rings. The summed E-state index contributed by atoms with van der Waals surface area (Å²) in [6.07, 6.45) is 0. The maximum absolute atomic E-state index is 8.66. The second kappa shape index (κ2) is 30.0. The number of halogens is 6. The first-order valence-electron chi connectivity index (χ1n) is 0.748. The van der Waals surface area contributed by atoms with E-state index in [1.807, 2.05) is 0 Å². The minimum atomic E-state index is -5.14. The molecule has 0 bridgehead atoms. The van der Waals surface area contributed by atoms with Crippen LogP contribution in [-0.4, -0.2) is 27.9 Å². The molecule has 0 saturated carbocycles. The van der Waals surface area contributed by atoms with E-state index >= 15 is 0 Å². The molecule has 0 unspecified atom stereocenters. The zero-order valence-electron chi connectivity index (χ0n) is 5.28. The Morgan fingerprint density at radius 1 is 0.833 bits per heavy atom. The van der Waals surface area contributed by atoms with E-state index in [-0.39, 0.29) is 51.3 Å². The summed E-state index contributed by atoms with van der Waals surface area (Å²) < 4.78 is 8.66. The van der Waals surface area contributed by atoms with Gasteiger partial charge in [-0.05, 0) is 0 Å². The maximum Gasteiger partial charge on any atom is 2.00 e. The summed E-state index contributed by atoms with van der Waals surface area (Å²) in [5.41, 5.74) is 0. The topological polar surface area (TPSA) is 83.4 Å². The molecule has 0 fully saturated rings. The molecule has 0 aromatic rings. The molecule has 0 rings (SSSR count). The molecule has 0 amide bonds. The molecule has 1 N–H and O–H groups in total. The minimum absolute atomic E-state index is 0. The van der Waals surface area contributed by atoms with Gasteiger partial charge < -0.3 is 19.2 Å². The average Bonchev–Trinajstić information content (AvgIpc) is 0.722. The van der Waals surface area contributed by atoms with Crippen molar-refractivity contribution in [1.82, 2.24) is 0 Å². The van der Waals surface area contributed by atoms with E-state index in [1.54, 1.807) is 0 Å². The van der Waals surface area contributed by atoms with Crippen molar-refractivity contribution in [1.29, 1.82) is 0 Å². The van der Waals surface area contributed by atoms with Gasteiger partial charge in [-0.25, -0.2) is 0 Å². The molecule has 0 radical (unpaired) electrons. The van der Waals surface area contributed by atoms with Gasteiger partial charge in [0.1, 0.15) is 0 Å². The summed E-state index contributed by atoms with van der Waals surface area (Å²) in [4.78, 5) is 24.3. The molecule has 0 saturated heterocycles. The Morgan fingerprint density at radius 2 is 0.833 bits per heavy atom. The van der Waals surface area contributed by atoms with Crippen molar-refractivity contribution in [3.63, 3.8) is 0 Å². The standard InChI is InChI=1S/6FH.Mg.H3O4P/c;;;;;;;1-5(2,3)4/h6*1H;;(H3,1,2,3,4)/q;;;;;;+2;/p-2. The van der Waals surface area contributed by atoms with E-state index in [9.17, 15) is 0 Å². The predicted octanol–water partition coefficient (Wildman–Crippen LogP) is -1.66. The van der Waals surface area contributed by atoms with Gasteiger partial charge in [-0.2, -0.15) is 0 Å². The molecule has 4 nitrogen and oxygen atoms in total. The molecule has 0 spiro atoms. The third-order valence-corrected chi connectivity index (χ3v) is 0. The SMILES string of the molecule is F.F.F.F.F.F.O=P([O-])([O-])O.[Mg+2]. The molecular weight excluding hydrogens is 233 g/mol. The Kier molecular flexibility index (Phi) is 206. The Hall–Kier alpha value is 0.456. The molecule has 80 valence electrons. The van der Waals surface area contributed by atoms with Crippen molar-refractivity contribution in [2.45, 2.75) is 0 Å². The quantitative estimate of drug-likeness (QED) is 0.312. The second-order valence-corrected chi connectivity index (χ2v) is 1.41. The zero-order valence-corrected chi connectivity index (χ0v) is 7.58. The summed E-state index contributed by atoms with van der Waals surface area (Å²) in [6.45, 7) is 0. The summed E-state index contributed by atoms with van der Waals surface area (Å²) in [5, 5.41) is 0. The third kappa shape index (κ3) is 4490. The predicted molar refractivity (Wildman–Crippen MR) is 30.6 cm³/mol. The van der Waals surface area contributed by atoms with Gasteiger partial charge in [0.2, 0.25) is 0 Å². The van der Waals surface area contributed by atoms with Crippen LogP contribution in [0.5, 0.6) is 0 Å². The fourth-order valence-corrected chi connectivity index (χ4v) is 0. The van der Waals surface area contributed by atoms with E-state index in [0.717, 1.165) is 0 Å². The van der Waals surface area contributed by atoms with Crippen LogP contribution in [0.3, 0.4) is 0 Å². The average molecular weight is 240 g/mol. The van der Waals surface area contributed by atoms with Crippen LogP contribution in [0.25, 0.3) is 0 Å². The molecule has 0 heterocycles. The summed E-state index contributed by atoms with van der Waals surface area (Å²) in [6, 6.07) is 0. The van der Waals surface area contributed by atoms with Crippen LogP contribution >= 0.6 is 7.82 Å². The van der Waals surface area contributed by atoms with Gasteiger partial charge >= 0.3 is 23.1 Å². The third-order valence-electron chi connectivity index (χ3n) is 0. The Bertz CT molecular complexity index is 65.7. The van der Waals surface area contributed by atoms with Crippen LogP contribution < -0.4 is 9.79 Å². The molecule has 0 aromatic carbocycles. The van der Waals surface area contributed by atoms with Crippen molar-refractivity contribution in [3.8, 4) is 0 Å². The van der Waals surface area contributed by atoms with Crippen LogP contribution in [0, 0.1) is 0 Å². The van der Waals surface area contributed by atoms with E-state index < -0.39 is 7.82 Å². The first kappa shape index (κ1) is 82.3. The van der Waals surface area contributed by atoms with E-state index in [0.29, 0.717) is 0 Å². The molecule has 12 heavy (non-hydrogen) atoms. The monoisotopic (exact) mass is 240 g/mol. The van der Waals surface area contributed by atoms with Crippen molar-refractivity contribution >= 4 is 30.9 Å². The van der Waals surface area contributed by atoms with Gasteiger partial charge in [-0.15, -0.1) is 0 Å². The molecule has 0 aliphatic heterocycles. The van der Waals surface area contributed by atoms with Crippen LogP contribution in [0.1, 0.15) is 0 Å². The van der Waals surface area contributed by atoms with Gasteiger partial charge in [0.05, 0.1) is 7.82 Å². The van der Waals surface area contributed by atoms with E-state index in [1.165, 1.54) is 0 Å². The number of phosphoric acid groups is 1. The first-order chi connectivity index (χ1) is 2.00. The normalized spacial score (nSPS) is 4.92. The summed E-state index contributed by atoms with van der Waals surface area (Å²) >= 11 is 0. The fraction of sp³-hybridized carbons (Fsp3) is 0. The zero-order chi connectivity index (χ0) is 4.50. The van der Waals surface area contributed by atoms with E-state index in [2.05, 4.69) is 0 Å². The molecular formula is H7F6MgO4P. The maximum atomic E-state index is 8.66. The number of hydrogen-bond donors (Lipinski definition) is 1. The summed E-state index contributed by atoms with van der Waals surface area (Å²) in [7, 11) is -5.14. The van der Waals surface area contributed by atoms with Crippen LogP contribution in [0.4, 0.5) is 28.2 Å². The van der Waals surface area contributed by atoms with Gasteiger partial charge in [-0.3, -0.25) is 28.2 Å². The minimum Gasteiger partial charge on any atom is -0.790 e. The Morgan fingerprint density at radius 3 is 0.833 bits per heavy atom.